The lowest BCUT2D eigenvalue weighted by atomic mass is 10.2. The van der Waals surface area contributed by atoms with Gasteiger partial charge < -0.3 is 10.5 Å². The summed E-state index contributed by atoms with van der Waals surface area (Å²) < 4.78 is 31.9. The van der Waals surface area contributed by atoms with E-state index in [-0.39, 0.29) is 11.0 Å². The van der Waals surface area contributed by atoms with Crippen LogP contribution in [0.25, 0.3) is 0 Å². The molecule has 6 nitrogen and oxygen atoms in total. The molecule has 0 bridgehead atoms. The van der Waals surface area contributed by atoms with Crippen molar-refractivity contribution in [2.75, 3.05) is 18.9 Å². The Kier molecular flexibility index (Phi) is 3.84. The molecule has 0 aromatic carbocycles. The van der Waals surface area contributed by atoms with Crippen molar-refractivity contribution in [2.45, 2.75) is 30.8 Å². The first kappa shape index (κ1) is 13.3. The van der Waals surface area contributed by atoms with E-state index in [1.807, 2.05) is 0 Å². The molecule has 0 spiro atoms. The molecule has 1 saturated heterocycles. The maximum absolute atomic E-state index is 12.0. The van der Waals surface area contributed by atoms with Crippen molar-refractivity contribution < 1.29 is 13.2 Å². The molecule has 7 heteroatoms. The van der Waals surface area contributed by atoms with Gasteiger partial charge in [-0.25, -0.2) is 18.1 Å². The van der Waals surface area contributed by atoms with E-state index in [9.17, 15) is 8.42 Å². The van der Waals surface area contributed by atoms with Crippen molar-refractivity contribution in [1.82, 2.24) is 9.71 Å². The number of hydrogen-bond acceptors (Lipinski definition) is 5. The zero-order valence-corrected chi connectivity index (χ0v) is 11.0. The van der Waals surface area contributed by atoms with Gasteiger partial charge in [0.05, 0.1) is 6.10 Å². The molecule has 1 aromatic rings. The van der Waals surface area contributed by atoms with Gasteiger partial charge in [0.25, 0.3) is 0 Å². The van der Waals surface area contributed by atoms with Crippen LogP contribution in [0.4, 0.5) is 5.82 Å². The van der Waals surface area contributed by atoms with Crippen molar-refractivity contribution in [1.29, 1.82) is 0 Å². The SMILES string of the molecule is Cc1cc(S(=O)(=O)NCC2CCCO2)cnc1N. The Hall–Kier alpha value is -1.18. The van der Waals surface area contributed by atoms with E-state index >= 15 is 0 Å². The molecule has 1 aliphatic rings. The van der Waals surface area contributed by atoms with Crippen molar-refractivity contribution >= 4 is 15.8 Å². The fourth-order valence-corrected chi connectivity index (χ4v) is 2.89. The number of aryl methyl sites for hydroxylation is 1. The van der Waals surface area contributed by atoms with E-state index in [2.05, 4.69) is 9.71 Å². The van der Waals surface area contributed by atoms with Gasteiger partial charge >= 0.3 is 0 Å². The minimum atomic E-state index is -3.54. The summed E-state index contributed by atoms with van der Waals surface area (Å²) in [5.74, 6) is 0.341. The average Bonchev–Trinajstić information content (AvgIpc) is 2.83. The molecule has 0 aliphatic carbocycles. The molecule has 100 valence electrons. The van der Waals surface area contributed by atoms with Crippen LogP contribution in [0.1, 0.15) is 18.4 Å². The molecule has 0 radical (unpaired) electrons. The molecule has 2 rings (SSSR count). The number of sulfonamides is 1. The van der Waals surface area contributed by atoms with Crippen LogP contribution in [-0.2, 0) is 14.8 Å². The van der Waals surface area contributed by atoms with Crippen LogP contribution in [0.3, 0.4) is 0 Å². The lowest BCUT2D eigenvalue weighted by Crippen LogP contribution is -2.32. The summed E-state index contributed by atoms with van der Waals surface area (Å²) in [6.45, 7) is 2.72. The van der Waals surface area contributed by atoms with Crippen LogP contribution in [0, 0.1) is 6.92 Å². The summed E-state index contributed by atoms with van der Waals surface area (Å²) in [7, 11) is -3.54. The molecule has 1 unspecified atom stereocenters. The first-order chi connectivity index (χ1) is 8.49. The largest absolute Gasteiger partial charge is 0.383 e. The monoisotopic (exact) mass is 271 g/mol. The number of nitrogen functional groups attached to an aromatic ring is 1. The van der Waals surface area contributed by atoms with Crippen LogP contribution in [0.2, 0.25) is 0 Å². The van der Waals surface area contributed by atoms with E-state index in [1.165, 1.54) is 12.3 Å². The fraction of sp³-hybridized carbons (Fsp3) is 0.545. The normalized spacial score (nSPS) is 20.2. The lowest BCUT2D eigenvalue weighted by molar-refractivity contribution is 0.114. The third kappa shape index (κ3) is 2.98. The number of pyridine rings is 1. The molecular formula is C11H17N3O3S. The summed E-state index contributed by atoms with van der Waals surface area (Å²) in [6, 6.07) is 1.51. The van der Waals surface area contributed by atoms with Gasteiger partial charge in [-0.1, -0.05) is 0 Å². The topological polar surface area (TPSA) is 94.3 Å². The van der Waals surface area contributed by atoms with Crippen LogP contribution in [-0.4, -0.2) is 32.7 Å². The van der Waals surface area contributed by atoms with Gasteiger partial charge in [0, 0.05) is 19.3 Å². The Labute approximate surface area is 107 Å². The van der Waals surface area contributed by atoms with Gasteiger partial charge in [-0.05, 0) is 31.4 Å². The van der Waals surface area contributed by atoms with Crippen LogP contribution >= 0.6 is 0 Å². The summed E-state index contributed by atoms with van der Waals surface area (Å²) in [6.07, 6.45) is 3.11. The lowest BCUT2D eigenvalue weighted by Gasteiger charge is -2.11. The number of anilines is 1. The maximum atomic E-state index is 12.0. The molecule has 1 fully saturated rings. The first-order valence-corrected chi connectivity index (χ1v) is 7.31. The standard InChI is InChI=1S/C11H17N3O3S/c1-8-5-10(7-13-11(8)12)18(15,16)14-6-9-3-2-4-17-9/h5,7,9,14H,2-4,6H2,1H3,(H2,12,13). The van der Waals surface area contributed by atoms with E-state index in [4.69, 9.17) is 10.5 Å². The maximum Gasteiger partial charge on any atom is 0.242 e. The van der Waals surface area contributed by atoms with Gasteiger partial charge in [0.15, 0.2) is 0 Å². The molecule has 3 N–H and O–H groups in total. The number of rotatable bonds is 4. The fourth-order valence-electron chi connectivity index (χ4n) is 1.80. The van der Waals surface area contributed by atoms with Gasteiger partial charge in [0.1, 0.15) is 10.7 Å². The van der Waals surface area contributed by atoms with Gasteiger partial charge in [-0.2, -0.15) is 0 Å². The zero-order chi connectivity index (χ0) is 13.2. The number of nitrogens with zero attached hydrogens (tertiary/aromatic N) is 1. The molecule has 1 aromatic heterocycles. The Balaban J connectivity index is 2.07. The molecule has 0 saturated carbocycles. The van der Waals surface area contributed by atoms with Crippen molar-refractivity contribution in [3.63, 3.8) is 0 Å². The van der Waals surface area contributed by atoms with E-state index in [1.54, 1.807) is 6.92 Å². The summed E-state index contributed by atoms with van der Waals surface area (Å²) in [5, 5.41) is 0. The second-order valence-corrected chi connectivity index (χ2v) is 6.13. The highest BCUT2D eigenvalue weighted by atomic mass is 32.2. The Morgan fingerprint density at radius 3 is 3.00 bits per heavy atom. The molecule has 2 heterocycles. The van der Waals surface area contributed by atoms with Crippen molar-refractivity contribution in [3.8, 4) is 0 Å². The quantitative estimate of drug-likeness (QED) is 0.828. The van der Waals surface area contributed by atoms with Crippen LogP contribution in [0.15, 0.2) is 17.2 Å². The average molecular weight is 271 g/mol. The Morgan fingerprint density at radius 2 is 2.39 bits per heavy atom. The number of aromatic nitrogens is 1. The third-order valence-electron chi connectivity index (χ3n) is 2.93. The molecule has 0 amide bonds. The highest BCUT2D eigenvalue weighted by Crippen LogP contribution is 2.15. The first-order valence-electron chi connectivity index (χ1n) is 5.82. The molecular weight excluding hydrogens is 254 g/mol. The van der Waals surface area contributed by atoms with Gasteiger partial charge in [0.2, 0.25) is 10.0 Å². The molecule has 1 atom stereocenters. The highest BCUT2D eigenvalue weighted by molar-refractivity contribution is 7.89. The second-order valence-electron chi connectivity index (χ2n) is 4.36. The predicted molar refractivity (Wildman–Crippen MR) is 67.5 cm³/mol. The number of hydrogen-bond donors (Lipinski definition) is 2. The zero-order valence-electron chi connectivity index (χ0n) is 10.2. The van der Waals surface area contributed by atoms with Gasteiger partial charge in [-0.15, -0.1) is 0 Å². The van der Waals surface area contributed by atoms with E-state index in [0.29, 0.717) is 24.5 Å². The van der Waals surface area contributed by atoms with Crippen LogP contribution in [0.5, 0.6) is 0 Å². The van der Waals surface area contributed by atoms with Crippen molar-refractivity contribution in [2.24, 2.45) is 0 Å². The second kappa shape index (κ2) is 5.21. The summed E-state index contributed by atoms with van der Waals surface area (Å²) in [5.41, 5.74) is 6.21. The minimum Gasteiger partial charge on any atom is -0.383 e. The third-order valence-corrected chi connectivity index (χ3v) is 4.32. The number of nitrogens with two attached hydrogens (primary N) is 1. The number of ether oxygens (including phenoxy) is 1. The minimum absolute atomic E-state index is 0.0254. The molecule has 1 aliphatic heterocycles. The Morgan fingerprint density at radius 1 is 1.61 bits per heavy atom. The van der Waals surface area contributed by atoms with Crippen LogP contribution < -0.4 is 10.5 Å². The summed E-state index contributed by atoms with van der Waals surface area (Å²) >= 11 is 0. The highest BCUT2D eigenvalue weighted by Gasteiger charge is 2.20. The Bertz CT molecular complexity index is 524. The van der Waals surface area contributed by atoms with E-state index in [0.717, 1.165) is 12.8 Å². The predicted octanol–water partition coefficient (Wildman–Crippen LogP) is 0.430. The smallest absolute Gasteiger partial charge is 0.242 e. The van der Waals surface area contributed by atoms with Crippen molar-refractivity contribution in [3.05, 3.63) is 17.8 Å². The number of nitrogens with one attached hydrogen (secondary N) is 1. The van der Waals surface area contributed by atoms with Gasteiger partial charge in [-0.3, -0.25) is 0 Å². The molecule has 18 heavy (non-hydrogen) atoms. The van der Waals surface area contributed by atoms with E-state index < -0.39 is 10.0 Å². The summed E-state index contributed by atoms with van der Waals surface area (Å²) in [4.78, 5) is 3.98.